The SMILES string of the molecule is CC(C)(C)C(CCC(=O)c1ccccc1)(N1CCCCC1)C(O)(c1ccccc1)c1ccccc1. The highest BCUT2D eigenvalue weighted by Crippen LogP contribution is 2.55. The van der Waals surface area contributed by atoms with Gasteiger partial charge >= 0.3 is 0 Å². The fourth-order valence-electron chi connectivity index (χ4n) is 6.30. The second-order valence-electron chi connectivity index (χ2n) is 10.9. The smallest absolute Gasteiger partial charge is 0.162 e. The fourth-order valence-corrected chi connectivity index (χ4v) is 6.30. The van der Waals surface area contributed by atoms with Crippen molar-refractivity contribution in [3.8, 4) is 0 Å². The van der Waals surface area contributed by atoms with E-state index in [0.29, 0.717) is 12.8 Å². The van der Waals surface area contributed by atoms with Crippen LogP contribution in [-0.2, 0) is 5.60 Å². The standard InChI is InChI=1S/C32H39NO2/c1-30(2,3)31(33-24-14-7-15-25-33,23-22-29(34)26-16-8-4-9-17-26)32(35,27-18-10-5-11-19-27)28-20-12-6-13-21-28/h4-6,8-13,16-21,35H,7,14-15,22-25H2,1-3H3. The van der Waals surface area contributed by atoms with E-state index in [1.807, 2.05) is 91.0 Å². The summed E-state index contributed by atoms with van der Waals surface area (Å²) in [4.78, 5) is 15.9. The van der Waals surface area contributed by atoms with E-state index in [0.717, 1.165) is 42.6 Å². The van der Waals surface area contributed by atoms with Gasteiger partial charge in [-0.25, -0.2) is 0 Å². The number of Topliss-reactive ketones (excluding diaryl/α,β-unsaturated/α-hetero) is 1. The zero-order valence-corrected chi connectivity index (χ0v) is 21.4. The predicted octanol–water partition coefficient (Wildman–Crippen LogP) is 6.86. The van der Waals surface area contributed by atoms with Gasteiger partial charge in [0.05, 0.1) is 5.54 Å². The molecule has 0 aromatic heterocycles. The molecule has 0 bridgehead atoms. The minimum atomic E-state index is -1.30. The molecule has 1 heterocycles. The number of piperidine rings is 1. The Bertz CT molecular complexity index is 1040. The Morgan fingerprint density at radius 2 is 1.20 bits per heavy atom. The number of hydrogen-bond donors (Lipinski definition) is 1. The Kier molecular flexibility index (Phi) is 7.59. The van der Waals surface area contributed by atoms with E-state index in [9.17, 15) is 9.90 Å². The topological polar surface area (TPSA) is 40.5 Å². The lowest BCUT2D eigenvalue weighted by atomic mass is 9.56. The van der Waals surface area contributed by atoms with E-state index in [4.69, 9.17) is 0 Å². The highest BCUT2D eigenvalue weighted by Gasteiger charge is 2.61. The van der Waals surface area contributed by atoms with Crippen molar-refractivity contribution in [2.75, 3.05) is 13.1 Å². The van der Waals surface area contributed by atoms with Gasteiger partial charge in [-0.15, -0.1) is 0 Å². The normalized spacial score (nSPS) is 17.0. The number of carbonyl (C=O) groups excluding carboxylic acids is 1. The molecule has 1 atom stereocenters. The number of aliphatic hydroxyl groups is 1. The first-order valence-corrected chi connectivity index (χ1v) is 13.0. The summed E-state index contributed by atoms with van der Waals surface area (Å²) in [5.74, 6) is 0.125. The summed E-state index contributed by atoms with van der Waals surface area (Å²) in [7, 11) is 0. The van der Waals surface area contributed by atoms with Crippen LogP contribution in [0.3, 0.4) is 0 Å². The van der Waals surface area contributed by atoms with Crippen LogP contribution in [0.25, 0.3) is 0 Å². The summed E-state index contributed by atoms with van der Waals surface area (Å²) in [5, 5.41) is 13.2. The molecule has 1 saturated heterocycles. The van der Waals surface area contributed by atoms with Gasteiger partial charge in [-0.2, -0.15) is 0 Å². The van der Waals surface area contributed by atoms with E-state index in [-0.39, 0.29) is 11.2 Å². The zero-order valence-electron chi connectivity index (χ0n) is 21.4. The van der Waals surface area contributed by atoms with Gasteiger partial charge in [-0.3, -0.25) is 9.69 Å². The highest BCUT2D eigenvalue weighted by molar-refractivity contribution is 5.96. The van der Waals surface area contributed by atoms with Gasteiger partial charge in [-0.05, 0) is 48.9 Å². The maximum absolute atomic E-state index is 13.4. The van der Waals surface area contributed by atoms with Crippen molar-refractivity contribution in [2.45, 2.75) is 64.0 Å². The summed E-state index contributed by atoms with van der Waals surface area (Å²) < 4.78 is 0. The van der Waals surface area contributed by atoms with Gasteiger partial charge in [0, 0.05) is 12.0 Å². The molecule has 0 radical (unpaired) electrons. The minimum Gasteiger partial charge on any atom is -0.378 e. The monoisotopic (exact) mass is 469 g/mol. The van der Waals surface area contributed by atoms with Crippen molar-refractivity contribution in [1.29, 1.82) is 0 Å². The fraction of sp³-hybridized carbons (Fsp3) is 0.406. The molecule has 35 heavy (non-hydrogen) atoms. The van der Waals surface area contributed by atoms with Gasteiger partial charge in [0.1, 0.15) is 5.60 Å². The van der Waals surface area contributed by atoms with Crippen LogP contribution in [0.2, 0.25) is 0 Å². The molecule has 0 amide bonds. The Hall–Kier alpha value is -2.75. The number of rotatable bonds is 8. The van der Waals surface area contributed by atoms with Crippen LogP contribution in [0, 0.1) is 5.41 Å². The lowest BCUT2D eigenvalue weighted by Gasteiger charge is -2.61. The maximum atomic E-state index is 13.4. The van der Waals surface area contributed by atoms with Gasteiger partial charge in [0.25, 0.3) is 0 Å². The van der Waals surface area contributed by atoms with Crippen LogP contribution >= 0.6 is 0 Å². The molecule has 1 aliphatic rings. The summed E-state index contributed by atoms with van der Waals surface area (Å²) in [6.07, 6.45) is 4.34. The van der Waals surface area contributed by atoms with Gasteiger partial charge in [-0.1, -0.05) is 118 Å². The highest BCUT2D eigenvalue weighted by atomic mass is 16.3. The number of benzene rings is 3. The van der Waals surface area contributed by atoms with E-state index in [2.05, 4.69) is 25.7 Å². The third-order valence-corrected chi connectivity index (χ3v) is 7.93. The van der Waals surface area contributed by atoms with Gasteiger partial charge < -0.3 is 5.11 Å². The Balaban J connectivity index is 1.92. The van der Waals surface area contributed by atoms with Crippen molar-refractivity contribution in [1.82, 2.24) is 4.90 Å². The van der Waals surface area contributed by atoms with Crippen molar-refractivity contribution in [2.24, 2.45) is 5.41 Å². The van der Waals surface area contributed by atoms with Gasteiger partial charge in [0.2, 0.25) is 0 Å². The van der Waals surface area contributed by atoms with Crippen LogP contribution < -0.4 is 0 Å². The average Bonchev–Trinajstić information content (AvgIpc) is 2.90. The Morgan fingerprint density at radius 1 is 0.743 bits per heavy atom. The van der Waals surface area contributed by atoms with Crippen molar-refractivity contribution >= 4 is 5.78 Å². The predicted molar refractivity (Wildman–Crippen MR) is 143 cm³/mol. The number of likely N-dealkylation sites (tertiary alicyclic amines) is 1. The molecule has 3 aromatic carbocycles. The summed E-state index contributed by atoms with van der Waals surface area (Å²) >= 11 is 0. The number of nitrogens with zero attached hydrogens (tertiary/aromatic N) is 1. The first kappa shape index (κ1) is 25.3. The molecule has 1 fully saturated rings. The Labute approximate surface area is 210 Å². The van der Waals surface area contributed by atoms with E-state index in [1.165, 1.54) is 6.42 Å². The lowest BCUT2D eigenvalue weighted by molar-refractivity contribution is -0.159. The van der Waals surface area contributed by atoms with Crippen LogP contribution in [-0.4, -0.2) is 34.4 Å². The molecule has 0 aliphatic carbocycles. The van der Waals surface area contributed by atoms with Gasteiger partial charge in [0.15, 0.2) is 5.78 Å². The molecule has 1 unspecified atom stereocenters. The van der Waals surface area contributed by atoms with Crippen LogP contribution in [0.4, 0.5) is 0 Å². The summed E-state index contributed by atoms with van der Waals surface area (Å²) in [5.41, 5.74) is 0.145. The van der Waals surface area contributed by atoms with Crippen molar-refractivity contribution in [3.05, 3.63) is 108 Å². The van der Waals surface area contributed by atoms with Crippen molar-refractivity contribution in [3.63, 3.8) is 0 Å². The first-order chi connectivity index (χ1) is 16.8. The quantitative estimate of drug-likeness (QED) is 0.367. The molecule has 1 N–H and O–H groups in total. The molecule has 3 heteroatoms. The third kappa shape index (κ3) is 4.72. The van der Waals surface area contributed by atoms with Crippen molar-refractivity contribution < 1.29 is 9.90 Å². The molecule has 4 rings (SSSR count). The maximum Gasteiger partial charge on any atom is 0.162 e. The van der Waals surface area contributed by atoms with E-state index in [1.54, 1.807) is 0 Å². The van der Waals surface area contributed by atoms with E-state index < -0.39 is 11.1 Å². The Morgan fingerprint density at radius 3 is 1.66 bits per heavy atom. The second-order valence-corrected chi connectivity index (χ2v) is 10.9. The number of hydrogen-bond acceptors (Lipinski definition) is 3. The zero-order chi connectivity index (χ0) is 24.9. The molecule has 184 valence electrons. The second kappa shape index (κ2) is 10.5. The summed E-state index contributed by atoms with van der Waals surface area (Å²) in [6.45, 7) is 8.51. The molecule has 0 spiro atoms. The molecule has 3 nitrogen and oxygen atoms in total. The van der Waals surface area contributed by atoms with Crippen LogP contribution in [0.1, 0.15) is 74.4 Å². The molecule has 3 aromatic rings. The average molecular weight is 470 g/mol. The number of carbonyl (C=O) groups is 1. The molecule has 0 saturated carbocycles. The molecule has 1 aliphatic heterocycles. The number of ketones is 1. The first-order valence-electron chi connectivity index (χ1n) is 13.0. The molecular formula is C32H39NO2. The summed E-state index contributed by atoms with van der Waals surface area (Å²) in [6, 6.07) is 29.7. The third-order valence-electron chi connectivity index (χ3n) is 7.93. The van der Waals surface area contributed by atoms with Crippen LogP contribution in [0.15, 0.2) is 91.0 Å². The largest absolute Gasteiger partial charge is 0.378 e. The lowest BCUT2D eigenvalue weighted by Crippen LogP contribution is -2.70. The van der Waals surface area contributed by atoms with Crippen LogP contribution in [0.5, 0.6) is 0 Å². The van der Waals surface area contributed by atoms with E-state index >= 15 is 0 Å². The minimum absolute atomic E-state index is 0.125. The molecular weight excluding hydrogens is 430 g/mol.